The van der Waals surface area contributed by atoms with Gasteiger partial charge in [-0.1, -0.05) is 0 Å². The second-order valence-corrected chi connectivity index (χ2v) is 4.02. The van der Waals surface area contributed by atoms with Gasteiger partial charge in [-0.15, -0.1) is 0 Å². The Labute approximate surface area is 95.7 Å². The summed E-state index contributed by atoms with van der Waals surface area (Å²) in [6.07, 6.45) is -6.40. The molecular formula is C9H14F3NO4. The number of carbonyl (C=O) groups excluding carboxylic acids is 2. The molecule has 0 aliphatic rings. The first-order valence-corrected chi connectivity index (χ1v) is 4.67. The van der Waals surface area contributed by atoms with Gasteiger partial charge in [0.2, 0.25) is 0 Å². The predicted molar refractivity (Wildman–Crippen MR) is 50.9 cm³/mol. The van der Waals surface area contributed by atoms with Crippen LogP contribution in [0.2, 0.25) is 0 Å². The molecule has 0 heterocycles. The first kappa shape index (κ1) is 15.9. The van der Waals surface area contributed by atoms with Crippen molar-refractivity contribution in [1.82, 2.24) is 0 Å². The quantitative estimate of drug-likeness (QED) is 0.699. The molecule has 17 heavy (non-hydrogen) atoms. The van der Waals surface area contributed by atoms with Crippen molar-refractivity contribution in [2.24, 2.45) is 5.73 Å². The number of carbonyl (C=O) groups is 2. The van der Waals surface area contributed by atoms with Gasteiger partial charge in [-0.05, 0) is 20.8 Å². The monoisotopic (exact) mass is 257 g/mol. The topological polar surface area (TPSA) is 89.6 Å². The number of rotatable bonds is 4. The van der Waals surface area contributed by atoms with Crippen LogP contribution >= 0.6 is 0 Å². The lowest BCUT2D eigenvalue weighted by atomic mass is 10.0. The van der Waals surface area contributed by atoms with Crippen LogP contribution < -0.4 is 5.73 Å². The Morgan fingerprint density at radius 1 is 1.29 bits per heavy atom. The molecule has 0 radical (unpaired) electrons. The molecule has 0 fully saturated rings. The molecule has 0 bridgehead atoms. The highest BCUT2D eigenvalue weighted by Crippen LogP contribution is 2.26. The number of nitrogens with two attached hydrogens (primary N) is 1. The Balaban J connectivity index is 4.78. The summed E-state index contributed by atoms with van der Waals surface area (Å²) < 4.78 is 40.8. The van der Waals surface area contributed by atoms with E-state index >= 15 is 0 Å². The molecule has 100 valence electrons. The minimum Gasteiger partial charge on any atom is -0.450 e. The molecular weight excluding hydrogens is 243 g/mol. The Morgan fingerprint density at radius 3 is 2.00 bits per heavy atom. The lowest BCUT2D eigenvalue weighted by Crippen LogP contribution is -2.50. The van der Waals surface area contributed by atoms with E-state index in [-0.39, 0.29) is 0 Å². The van der Waals surface area contributed by atoms with E-state index in [0.717, 1.165) is 13.8 Å². The normalized spacial score (nSPS) is 16.2. The van der Waals surface area contributed by atoms with Gasteiger partial charge in [0.1, 0.15) is 6.04 Å². The van der Waals surface area contributed by atoms with E-state index in [1.54, 1.807) is 0 Å². The van der Waals surface area contributed by atoms with Crippen molar-refractivity contribution in [2.75, 3.05) is 0 Å². The van der Waals surface area contributed by atoms with Crippen molar-refractivity contribution in [3.63, 3.8) is 0 Å². The molecule has 2 atom stereocenters. The number of aliphatic hydroxyl groups is 1. The largest absolute Gasteiger partial charge is 0.454 e. The summed E-state index contributed by atoms with van der Waals surface area (Å²) in [7, 11) is 0. The van der Waals surface area contributed by atoms with E-state index in [4.69, 9.17) is 10.8 Å². The van der Waals surface area contributed by atoms with E-state index in [0.29, 0.717) is 0 Å². The van der Waals surface area contributed by atoms with E-state index in [1.165, 1.54) is 6.92 Å². The zero-order valence-corrected chi connectivity index (χ0v) is 9.54. The average Bonchev–Trinajstić information content (AvgIpc) is 2.12. The van der Waals surface area contributed by atoms with Crippen LogP contribution in [0, 0.1) is 0 Å². The SMILES string of the molecule is CC(O)C(N)C(=O)OC(C)(C)C(=O)C(F)(F)F. The lowest BCUT2D eigenvalue weighted by Gasteiger charge is -2.26. The first-order valence-electron chi connectivity index (χ1n) is 4.67. The van der Waals surface area contributed by atoms with Crippen LogP contribution in [-0.4, -0.2) is 40.8 Å². The molecule has 0 aromatic heterocycles. The zero-order chi connectivity index (χ0) is 14.0. The van der Waals surface area contributed by atoms with Crippen LogP contribution in [0.3, 0.4) is 0 Å². The maximum Gasteiger partial charge on any atom is 0.454 e. The van der Waals surface area contributed by atoms with Crippen molar-refractivity contribution in [1.29, 1.82) is 0 Å². The fourth-order valence-corrected chi connectivity index (χ4v) is 0.904. The van der Waals surface area contributed by atoms with Gasteiger partial charge in [0.05, 0.1) is 6.10 Å². The smallest absolute Gasteiger partial charge is 0.450 e. The van der Waals surface area contributed by atoms with E-state index in [9.17, 15) is 22.8 Å². The summed E-state index contributed by atoms with van der Waals surface area (Å²) >= 11 is 0. The zero-order valence-electron chi connectivity index (χ0n) is 9.54. The van der Waals surface area contributed by atoms with Crippen LogP contribution in [-0.2, 0) is 14.3 Å². The van der Waals surface area contributed by atoms with Gasteiger partial charge in [0, 0.05) is 0 Å². The second kappa shape index (κ2) is 5.01. The molecule has 0 aromatic carbocycles. The third kappa shape index (κ3) is 4.31. The van der Waals surface area contributed by atoms with Crippen LogP contribution in [0.4, 0.5) is 13.2 Å². The standard InChI is InChI=1S/C9H14F3NO4/c1-4(14)5(13)6(15)17-8(2,3)7(16)9(10,11)12/h4-5,14H,13H2,1-3H3. The van der Waals surface area contributed by atoms with Crippen molar-refractivity contribution in [3.05, 3.63) is 0 Å². The van der Waals surface area contributed by atoms with Crippen LogP contribution in [0.15, 0.2) is 0 Å². The fourth-order valence-electron chi connectivity index (χ4n) is 0.904. The number of alkyl halides is 3. The van der Waals surface area contributed by atoms with Gasteiger partial charge >= 0.3 is 12.1 Å². The summed E-state index contributed by atoms with van der Waals surface area (Å²) in [5.41, 5.74) is 2.79. The highest BCUT2D eigenvalue weighted by atomic mass is 19.4. The summed E-state index contributed by atoms with van der Waals surface area (Å²) in [5.74, 6) is -3.47. The van der Waals surface area contributed by atoms with Gasteiger partial charge < -0.3 is 15.6 Å². The molecule has 0 rings (SSSR count). The second-order valence-electron chi connectivity index (χ2n) is 4.02. The van der Waals surface area contributed by atoms with Crippen LogP contribution in [0.5, 0.6) is 0 Å². The van der Waals surface area contributed by atoms with Crippen molar-refractivity contribution in [2.45, 2.75) is 44.7 Å². The summed E-state index contributed by atoms with van der Waals surface area (Å²) in [4.78, 5) is 22.1. The van der Waals surface area contributed by atoms with Gasteiger partial charge in [0.15, 0.2) is 5.60 Å². The molecule has 0 saturated carbocycles. The van der Waals surface area contributed by atoms with Crippen molar-refractivity contribution in [3.8, 4) is 0 Å². The molecule has 0 saturated heterocycles. The Morgan fingerprint density at radius 2 is 1.71 bits per heavy atom. The van der Waals surface area contributed by atoms with E-state index in [2.05, 4.69) is 4.74 Å². The summed E-state index contributed by atoms with van der Waals surface area (Å²) in [6.45, 7) is 2.77. The fraction of sp³-hybridized carbons (Fsp3) is 0.778. The molecule has 0 amide bonds. The van der Waals surface area contributed by atoms with Crippen LogP contribution in [0.25, 0.3) is 0 Å². The van der Waals surface area contributed by atoms with Gasteiger partial charge in [-0.25, -0.2) is 0 Å². The minimum atomic E-state index is -5.11. The van der Waals surface area contributed by atoms with Gasteiger partial charge in [0.25, 0.3) is 5.78 Å². The third-order valence-corrected chi connectivity index (χ3v) is 1.95. The Hall–Kier alpha value is -1.15. The molecule has 0 aliphatic heterocycles. The highest BCUT2D eigenvalue weighted by molar-refractivity contribution is 5.93. The number of halogens is 3. The Kier molecular flexibility index (Phi) is 4.67. The molecule has 2 unspecified atom stereocenters. The summed E-state index contributed by atoms with van der Waals surface area (Å²) in [5, 5.41) is 8.95. The number of Topliss-reactive ketones (excluding diaryl/α,β-unsaturated/α-hetero) is 1. The van der Waals surface area contributed by atoms with Crippen molar-refractivity contribution < 1.29 is 32.6 Å². The molecule has 3 N–H and O–H groups in total. The highest BCUT2D eigenvalue weighted by Gasteiger charge is 2.50. The van der Waals surface area contributed by atoms with E-state index in [1.807, 2.05) is 0 Å². The molecule has 0 aliphatic carbocycles. The average molecular weight is 257 g/mol. The van der Waals surface area contributed by atoms with Crippen LogP contribution in [0.1, 0.15) is 20.8 Å². The maximum atomic E-state index is 12.1. The van der Waals surface area contributed by atoms with E-state index < -0.39 is 35.7 Å². The minimum absolute atomic E-state index is 0.801. The van der Waals surface area contributed by atoms with Gasteiger partial charge in [-0.2, -0.15) is 13.2 Å². The molecule has 8 heteroatoms. The number of ether oxygens (including phenoxy) is 1. The predicted octanol–water partition coefficient (Wildman–Crippen LogP) is 0.148. The third-order valence-electron chi connectivity index (χ3n) is 1.95. The lowest BCUT2D eigenvalue weighted by molar-refractivity contribution is -0.196. The van der Waals surface area contributed by atoms with Gasteiger partial charge in [-0.3, -0.25) is 9.59 Å². The molecule has 5 nitrogen and oxygen atoms in total. The molecule has 0 spiro atoms. The molecule has 0 aromatic rings. The first-order chi connectivity index (χ1) is 7.39. The maximum absolute atomic E-state index is 12.1. The van der Waals surface area contributed by atoms with Crippen molar-refractivity contribution >= 4 is 11.8 Å². The number of hydrogen-bond donors (Lipinski definition) is 2. The number of esters is 1. The number of aliphatic hydroxyl groups excluding tert-OH is 1. The Bertz CT molecular complexity index is 312. The number of hydrogen-bond acceptors (Lipinski definition) is 5. The summed E-state index contributed by atoms with van der Waals surface area (Å²) in [6, 6.07) is -1.50. The number of ketones is 1.